The first kappa shape index (κ1) is 13.6. The fraction of sp³-hybridized carbons (Fsp3) is 0.294. The molecule has 1 unspecified atom stereocenters. The Kier molecular flexibility index (Phi) is 4.23. The summed E-state index contributed by atoms with van der Waals surface area (Å²) in [5.41, 5.74) is 10.6. The van der Waals surface area contributed by atoms with Gasteiger partial charge in [-0.3, -0.25) is 4.90 Å². The fourth-order valence-corrected chi connectivity index (χ4v) is 2.22. The van der Waals surface area contributed by atoms with E-state index in [1.807, 2.05) is 12.1 Å². The summed E-state index contributed by atoms with van der Waals surface area (Å²) in [6.07, 6.45) is 0. The minimum Gasteiger partial charge on any atom is -0.399 e. The van der Waals surface area contributed by atoms with Crippen molar-refractivity contribution in [2.45, 2.75) is 26.4 Å². The number of hydrogen-bond acceptors (Lipinski definition) is 2. The van der Waals surface area contributed by atoms with Gasteiger partial charge in [-0.15, -0.1) is 0 Å². The summed E-state index contributed by atoms with van der Waals surface area (Å²) in [5, 5.41) is 0. The van der Waals surface area contributed by atoms with Crippen LogP contribution in [-0.4, -0.2) is 11.9 Å². The van der Waals surface area contributed by atoms with Crippen LogP contribution in [-0.2, 0) is 6.54 Å². The molecule has 2 N–H and O–H groups in total. The van der Waals surface area contributed by atoms with Crippen LogP contribution in [0.2, 0.25) is 0 Å². The summed E-state index contributed by atoms with van der Waals surface area (Å²) >= 11 is 0. The quantitative estimate of drug-likeness (QED) is 0.842. The molecule has 2 heteroatoms. The molecule has 0 saturated heterocycles. The standard InChI is InChI=1S/C17H22N2/c1-13-6-4-5-7-16(13)12-19(3)14(2)15-8-10-17(18)11-9-15/h4-11,14H,12,18H2,1-3H3. The second-order valence-corrected chi connectivity index (χ2v) is 5.18. The lowest BCUT2D eigenvalue weighted by atomic mass is 10.0. The van der Waals surface area contributed by atoms with Crippen LogP contribution in [0.5, 0.6) is 0 Å². The lowest BCUT2D eigenvalue weighted by molar-refractivity contribution is 0.252. The zero-order valence-electron chi connectivity index (χ0n) is 11.9. The Bertz CT molecular complexity index is 531. The van der Waals surface area contributed by atoms with Crippen molar-refractivity contribution in [1.82, 2.24) is 4.90 Å². The monoisotopic (exact) mass is 254 g/mol. The van der Waals surface area contributed by atoms with Crippen molar-refractivity contribution in [3.05, 3.63) is 65.2 Å². The highest BCUT2D eigenvalue weighted by Gasteiger charge is 2.12. The smallest absolute Gasteiger partial charge is 0.0320 e. The molecular weight excluding hydrogens is 232 g/mol. The van der Waals surface area contributed by atoms with Gasteiger partial charge >= 0.3 is 0 Å². The topological polar surface area (TPSA) is 29.3 Å². The highest BCUT2D eigenvalue weighted by Crippen LogP contribution is 2.22. The predicted octanol–water partition coefficient (Wildman–Crippen LogP) is 3.77. The number of nitrogen functional groups attached to an aromatic ring is 1. The molecule has 0 saturated carbocycles. The van der Waals surface area contributed by atoms with Gasteiger partial charge in [0.15, 0.2) is 0 Å². The first-order chi connectivity index (χ1) is 9.08. The summed E-state index contributed by atoms with van der Waals surface area (Å²) in [4.78, 5) is 2.36. The van der Waals surface area contributed by atoms with E-state index in [9.17, 15) is 0 Å². The van der Waals surface area contributed by atoms with E-state index < -0.39 is 0 Å². The maximum absolute atomic E-state index is 5.73. The minimum absolute atomic E-state index is 0.375. The maximum atomic E-state index is 5.73. The molecule has 2 aromatic rings. The van der Waals surface area contributed by atoms with Crippen molar-refractivity contribution < 1.29 is 0 Å². The number of rotatable bonds is 4. The highest BCUT2D eigenvalue weighted by molar-refractivity contribution is 5.40. The zero-order valence-corrected chi connectivity index (χ0v) is 11.9. The third kappa shape index (κ3) is 3.36. The largest absolute Gasteiger partial charge is 0.399 e. The van der Waals surface area contributed by atoms with Gasteiger partial charge in [-0.1, -0.05) is 36.4 Å². The van der Waals surface area contributed by atoms with Crippen molar-refractivity contribution in [2.24, 2.45) is 0 Å². The first-order valence-electron chi connectivity index (χ1n) is 6.68. The molecular formula is C17H22N2. The van der Waals surface area contributed by atoms with Gasteiger partial charge in [-0.2, -0.15) is 0 Å². The van der Waals surface area contributed by atoms with Gasteiger partial charge < -0.3 is 5.73 Å². The van der Waals surface area contributed by atoms with Crippen LogP contribution >= 0.6 is 0 Å². The van der Waals surface area contributed by atoms with Crippen LogP contribution in [0, 0.1) is 6.92 Å². The molecule has 100 valence electrons. The van der Waals surface area contributed by atoms with Crippen molar-refractivity contribution in [2.75, 3.05) is 12.8 Å². The molecule has 0 aliphatic rings. The molecule has 0 spiro atoms. The Morgan fingerprint density at radius 3 is 2.32 bits per heavy atom. The van der Waals surface area contributed by atoms with E-state index in [1.54, 1.807) is 0 Å². The number of nitrogens with zero attached hydrogens (tertiary/aromatic N) is 1. The average Bonchev–Trinajstić information content (AvgIpc) is 2.41. The van der Waals surface area contributed by atoms with E-state index in [0.717, 1.165) is 12.2 Å². The molecule has 0 aliphatic carbocycles. The lowest BCUT2D eigenvalue weighted by Gasteiger charge is -2.26. The molecule has 1 atom stereocenters. The summed E-state index contributed by atoms with van der Waals surface area (Å²) < 4.78 is 0. The summed E-state index contributed by atoms with van der Waals surface area (Å²) in [6, 6.07) is 17.1. The van der Waals surface area contributed by atoms with E-state index in [2.05, 4.69) is 62.2 Å². The molecule has 2 nitrogen and oxygen atoms in total. The Labute approximate surface area is 115 Å². The first-order valence-corrected chi connectivity index (χ1v) is 6.68. The van der Waals surface area contributed by atoms with Gasteiger partial charge in [-0.05, 0) is 49.7 Å². The second-order valence-electron chi connectivity index (χ2n) is 5.18. The highest BCUT2D eigenvalue weighted by atomic mass is 15.1. The van der Waals surface area contributed by atoms with Gasteiger partial charge in [0.25, 0.3) is 0 Å². The number of anilines is 1. The number of nitrogens with two attached hydrogens (primary N) is 1. The Morgan fingerprint density at radius 1 is 1.05 bits per heavy atom. The third-order valence-corrected chi connectivity index (χ3v) is 3.76. The predicted molar refractivity (Wildman–Crippen MR) is 81.9 cm³/mol. The molecule has 0 fully saturated rings. The fourth-order valence-electron chi connectivity index (χ4n) is 2.22. The average molecular weight is 254 g/mol. The summed E-state index contributed by atoms with van der Waals surface area (Å²) in [5.74, 6) is 0. The summed E-state index contributed by atoms with van der Waals surface area (Å²) in [6.45, 7) is 5.35. The van der Waals surface area contributed by atoms with Gasteiger partial charge in [0.2, 0.25) is 0 Å². The van der Waals surface area contributed by atoms with Crippen molar-refractivity contribution >= 4 is 5.69 Å². The molecule has 0 aromatic heterocycles. The van der Waals surface area contributed by atoms with Gasteiger partial charge in [-0.25, -0.2) is 0 Å². The van der Waals surface area contributed by atoms with Crippen LogP contribution in [0.3, 0.4) is 0 Å². The van der Waals surface area contributed by atoms with Crippen molar-refractivity contribution in [1.29, 1.82) is 0 Å². The van der Waals surface area contributed by atoms with Gasteiger partial charge in [0.1, 0.15) is 0 Å². The number of hydrogen-bond donors (Lipinski definition) is 1. The Hall–Kier alpha value is -1.80. The zero-order chi connectivity index (χ0) is 13.8. The SMILES string of the molecule is Cc1ccccc1CN(C)C(C)c1ccc(N)cc1. The number of benzene rings is 2. The molecule has 2 aromatic carbocycles. The van der Waals surface area contributed by atoms with Crippen molar-refractivity contribution in [3.8, 4) is 0 Å². The van der Waals surface area contributed by atoms with Crippen molar-refractivity contribution in [3.63, 3.8) is 0 Å². The number of aryl methyl sites for hydroxylation is 1. The Morgan fingerprint density at radius 2 is 1.68 bits per heavy atom. The molecule has 0 bridgehead atoms. The van der Waals surface area contributed by atoms with E-state index in [4.69, 9.17) is 5.73 Å². The van der Waals surface area contributed by atoms with Crippen LogP contribution in [0.15, 0.2) is 48.5 Å². The molecule has 2 rings (SSSR count). The molecule has 0 heterocycles. The molecule has 0 amide bonds. The van der Waals surface area contributed by atoms with Crippen LogP contribution in [0.1, 0.15) is 29.7 Å². The second kappa shape index (κ2) is 5.89. The van der Waals surface area contributed by atoms with Gasteiger partial charge in [0.05, 0.1) is 0 Å². The van der Waals surface area contributed by atoms with E-state index in [-0.39, 0.29) is 0 Å². The van der Waals surface area contributed by atoms with Crippen LogP contribution in [0.25, 0.3) is 0 Å². The minimum atomic E-state index is 0.375. The Balaban J connectivity index is 2.09. The lowest BCUT2D eigenvalue weighted by Crippen LogP contribution is -2.22. The molecule has 0 radical (unpaired) electrons. The molecule has 19 heavy (non-hydrogen) atoms. The van der Waals surface area contributed by atoms with E-state index >= 15 is 0 Å². The maximum Gasteiger partial charge on any atom is 0.0320 e. The van der Waals surface area contributed by atoms with E-state index in [1.165, 1.54) is 16.7 Å². The van der Waals surface area contributed by atoms with Crippen LogP contribution in [0.4, 0.5) is 5.69 Å². The van der Waals surface area contributed by atoms with E-state index in [0.29, 0.717) is 6.04 Å². The molecule has 0 aliphatic heterocycles. The third-order valence-electron chi connectivity index (χ3n) is 3.76. The van der Waals surface area contributed by atoms with Crippen LogP contribution < -0.4 is 5.73 Å². The summed E-state index contributed by atoms with van der Waals surface area (Å²) in [7, 11) is 2.16. The van der Waals surface area contributed by atoms with Gasteiger partial charge in [0, 0.05) is 18.3 Å². The normalized spacial score (nSPS) is 12.6.